The molecule has 3 heterocycles. The van der Waals surface area contributed by atoms with Crippen LogP contribution < -0.4 is 10.1 Å². The summed E-state index contributed by atoms with van der Waals surface area (Å²) in [5.74, 6) is 4.01. The van der Waals surface area contributed by atoms with Gasteiger partial charge < -0.3 is 15.0 Å². The first kappa shape index (κ1) is 19.5. The molecule has 1 aromatic carbocycles. The van der Waals surface area contributed by atoms with E-state index in [1.165, 1.54) is 12.8 Å². The van der Waals surface area contributed by atoms with Crippen molar-refractivity contribution >= 4 is 17.4 Å². The van der Waals surface area contributed by atoms with Crippen molar-refractivity contribution in [3.05, 3.63) is 59.8 Å². The normalized spacial score (nSPS) is 16.9. The van der Waals surface area contributed by atoms with Crippen LogP contribution in [0.2, 0.25) is 0 Å². The van der Waals surface area contributed by atoms with Crippen LogP contribution in [0.25, 0.3) is 0 Å². The molecule has 2 N–H and O–H groups in total. The molecule has 5 rings (SSSR count). The van der Waals surface area contributed by atoms with E-state index < -0.39 is 0 Å². The second kappa shape index (κ2) is 8.37. The number of amides is 1. The van der Waals surface area contributed by atoms with Crippen molar-refractivity contribution in [3.8, 4) is 5.75 Å². The van der Waals surface area contributed by atoms with Crippen molar-refractivity contribution in [1.29, 1.82) is 0 Å². The number of nitrogens with zero attached hydrogens (tertiary/aromatic N) is 4. The molecular weight excluding hydrogens is 392 g/mol. The number of hydrogen-bond donors (Lipinski definition) is 2. The molecule has 0 unspecified atom stereocenters. The van der Waals surface area contributed by atoms with Crippen LogP contribution in [-0.4, -0.2) is 51.2 Å². The molecule has 1 aliphatic carbocycles. The van der Waals surface area contributed by atoms with Crippen LogP contribution in [-0.2, 0) is 0 Å². The van der Waals surface area contributed by atoms with E-state index in [4.69, 9.17) is 9.72 Å². The molecular formula is C23H26N6O2. The van der Waals surface area contributed by atoms with Crippen LogP contribution in [0.1, 0.15) is 59.5 Å². The molecule has 8 heteroatoms. The monoisotopic (exact) mass is 418 g/mol. The minimum absolute atomic E-state index is 0.0137. The topological polar surface area (TPSA) is 96.0 Å². The number of hydrogen-bond acceptors (Lipinski definition) is 6. The van der Waals surface area contributed by atoms with Gasteiger partial charge in [0.15, 0.2) is 5.82 Å². The lowest BCUT2D eigenvalue weighted by atomic mass is 9.95. The van der Waals surface area contributed by atoms with Gasteiger partial charge in [0.1, 0.15) is 17.4 Å². The van der Waals surface area contributed by atoms with Crippen molar-refractivity contribution in [2.24, 2.45) is 0 Å². The molecule has 3 aromatic rings. The highest BCUT2D eigenvalue weighted by molar-refractivity contribution is 5.99. The van der Waals surface area contributed by atoms with Crippen molar-refractivity contribution in [3.63, 3.8) is 0 Å². The Morgan fingerprint density at radius 3 is 2.68 bits per heavy atom. The number of methoxy groups -OCH3 is 1. The number of rotatable bonds is 6. The molecule has 0 spiro atoms. The van der Waals surface area contributed by atoms with Crippen LogP contribution in [0.5, 0.6) is 5.75 Å². The summed E-state index contributed by atoms with van der Waals surface area (Å²) in [7, 11) is 1.62. The number of H-pyrrole nitrogens is 1. The molecule has 2 aromatic heterocycles. The van der Waals surface area contributed by atoms with Crippen LogP contribution in [0, 0.1) is 0 Å². The summed E-state index contributed by atoms with van der Waals surface area (Å²) in [6.45, 7) is 1.37. The lowest BCUT2D eigenvalue weighted by Crippen LogP contribution is -2.38. The Kier molecular flexibility index (Phi) is 5.28. The third-order valence-corrected chi connectivity index (χ3v) is 6.03. The maximum atomic E-state index is 13.3. The summed E-state index contributed by atoms with van der Waals surface area (Å²) in [4.78, 5) is 24.3. The van der Waals surface area contributed by atoms with E-state index in [-0.39, 0.29) is 5.91 Å². The van der Waals surface area contributed by atoms with Crippen molar-refractivity contribution < 1.29 is 9.53 Å². The molecule has 1 amide bonds. The van der Waals surface area contributed by atoms with Gasteiger partial charge in [-0.1, -0.05) is 12.1 Å². The Morgan fingerprint density at radius 2 is 1.90 bits per heavy atom. The first-order valence-electron chi connectivity index (χ1n) is 10.8. The molecule has 31 heavy (non-hydrogen) atoms. The minimum Gasteiger partial charge on any atom is -0.495 e. The van der Waals surface area contributed by atoms with E-state index in [0.717, 1.165) is 30.2 Å². The van der Waals surface area contributed by atoms with Gasteiger partial charge in [0.05, 0.1) is 18.4 Å². The smallest absolute Gasteiger partial charge is 0.257 e. The molecule has 1 saturated heterocycles. The fraction of sp³-hybridized carbons (Fsp3) is 0.391. The molecule has 2 fully saturated rings. The molecule has 1 aliphatic heterocycles. The second-order valence-corrected chi connectivity index (χ2v) is 8.14. The predicted octanol–water partition coefficient (Wildman–Crippen LogP) is 3.85. The fourth-order valence-electron chi connectivity index (χ4n) is 4.07. The quantitative estimate of drug-likeness (QED) is 0.631. The summed E-state index contributed by atoms with van der Waals surface area (Å²) in [6, 6.07) is 11.2. The first-order valence-corrected chi connectivity index (χ1v) is 10.8. The molecule has 160 valence electrons. The number of likely N-dealkylation sites (tertiary alicyclic amines) is 1. The lowest BCUT2D eigenvalue weighted by molar-refractivity contribution is 0.0712. The van der Waals surface area contributed by atoms with E-state index in [9.17, 15) is 4.79 Å². The van der Waals surface area contributed by atoms with E-state index >= 15 is 0 Å². The van der Waals surface area contributed by atoms with E-state index in [1.54, 1.807) is 19.4 Å². The minimum atomic E-state index is -0.0137. The Hall–Kier alpha value is -3.42. The summed E-state index contributed by atoms with van der Waals surface area (Å²) in [6.07, 6.45) is 5.82. The average molecular weight is 419 g/mol. The number of anilines is 2. The number of para-hydroxylation sites is 2. The van der Waals surface area contributed by atoms with Gasteiger partial charge in [-0.25, -0.2) is 9.97 Å². The van der Waals surface area contributed by atoms with Gasteiger partial charge in [-0.05, 0) is 49.9 Å². The standard InChI is InChI=1S/C23H26N6O2/c1-31-19-7-3-2-6-18(19)25-22-17(5-4-12-24-22)23(30)29-13-10-16(11-14-29)21-26-20(27-28-21)15-8-9-15/h2-7,12,15-16H,8-11,13-14H2,1H3,(H,24,25)(H,26,27,28). The highest BCUT2D eigenvalue weighted by atomic mass is 16.5. The van der Waals surface area contributed by atoms with Gasteiger partial charge in [0.2, 0.25) is 0 Å². The number of benzene rings is 1. The number of pyridine rings is 1. The SMILES string of the molecule is COc1ccccc1Nc1ncccc1C(=O)N1CCC(c2nc(C3CC3)n[nH]2)CC1. The van der Waals surface area contributed by atoms with Gasteiger partial charge in [-0.2, -0.15) is 5.10 Å². The van der Waals surface area contributed by atoms with Crippen molar-refractivity contribution in [1.82, 2.24) is 25.1 Å². The maximum absolute atomic E-state index is 13.3. The van der Waals surface area contributed by atoms with E-state index in [1.807, 2.05) is 35.2 Å². The lowest BCUT2D eigenvalue weighted by Gasteiger charge is -2.31. The van der Waals surface area contributed by atoms with Crippen LogP contribution in [0.15, 0.2) is 42.6 Å². The number of carbonyl (C=O) groups excluding carboxylic acids is 1. The first-order chi connectivity index (χ1) is 15.2. The van der Waals surface area contributed by atoms with Gasteiger partial charge in [-0.3, -0.25) is 9.89 Å². The average Bonchev–Trinajstić information content (AvgIpc) is 3.56. The summed E-state index contributed by atoms with van der Waals surface area (Å²) in [5.41, 5.74) is 1.33. The van der Waals surface area contributed by atoms with Crippen LogP contribution >= 0.6 is 0 Å². The number of ether oxygens (including phenoxy) is 1. The third-order valence-electron chi connectivity index (χ3n) is 6.03. The largest absolute Gasteiger partial charge is 0.495 e. The number of piperidine rings is 1. The maximum Gasteiger partial charge on any atom is 0.257 e. The van der Waals surface area contributed by atoms with Gasteiger partial charge in [0, 0.05) is 31.1 Å². The Balaban J connectivity index is 1.27. The fourth-order valence-corrected chi connectivity index (χ4v) is 4.07. The Morgan fingerprint density at radius 1 is 1.10 bits per heavy atom. The van der Waals surface area contributed by atoms with E-state index in [2.05, 4.69) is 20.5 Å². The highest BCUT2D eigenvalue weighted by Gasteiger charge is 2.31. The van der Waals surface area contributed by atoms with Crippen molar-refractivity contribution in [2.75, 3.05) is 25.5 Å². The second-order valence-electron chi connectivity index (χ2n) is 8.14. The Bertz CT molecular complexity index is 1070. The third kappa shape index (κ3) is 4.10. The molecule has 8 nitrogen and oxygen atoms in total. The molecule has 0 atom stereocenters. The molecule has 0 radical (unpaired) electrons. The number of carbonyl (C=O) groups is 1. The van der Waals surface area contributed by atoms with Crippen molar-refractivity contribution in [2.45, 2.75) is 37.5 Å². The molecule has 2 aliphatic rings. The van der Waals surface area contributed by atoms with Gasteiger partial charge in [0.25, 0.3) is 5.91 Å². The predicted molar refractivity (Wildman–Crippen MR) is 117 cm³/mol. The number of nitrogens with one attached hydrogen (secondary N) is 2. The zero-order valence-corrected chi connectivity index (χ0v) is 17.5. The number of aromatic amines is 1. The van der Waals surface area contributed by atoms with Crippen LogP contribution in [0.4, 0.5) is 11.5 Å². The number of aromatic nitrogens is 4. The van der Waals surface area contributed by atoms with Gasteiger partial charge >= 0.3 is 0 Å². The summed E-state index contributed by atoms with van der Waals surface area (Å²) >= 11 is 0. The molecule has 1 saturated carbocycles. The summed E-state index contributed by atoms with van der Waals surface area (Å²) < 4.78 is 5.41. The van der Waals surface area contributed by atoms with Crippen LogP contribution in [0.3, 0.4) is 0 Å². The summed E-state index contributed by atoms with van der Waals surface area (Å²) in [5, 5.41) is 10.8. The van der Waals surface area contributed by atoms with Gasteiger partial charge in [-0.15, -0.1) is 0 Å². The zero-order chi connectivity index (χ0) is 21.2. The molecule has 0 bridgehead atoms. The van der Waals surface area contributed by atoms with E-state index in [0.29, 0.717) is 42.1 Å². The zero-order valence-electron chi connectivity index (χ0n) is 17.5. The highest BCUT2D eigenvalue weighted by Crippen LogP contribution is 2.38. The Labute approximate surface area is 181 Å².